The molecule has 0 saturated heterocycles. The maximum Gasteiger partial charge on any atom is 0.309 e. The summed E-state index contributed by atoms with van der Waals surface area (Å²) in [5, 5.41) is 9.00. The molecule has 1 N–H and O–H groups in total. The van der Waals surface area contributed by atoms with Gasteiger partial charge in [-0.1, -0.05) is 0 Å². The van der Waals surface area contributed by atoms with Crippen LogP contribution in [0, 0.1) is 5.92 Å². The van der Waals surface area contributed by atoms with Crippen LogP contribution in [0.5, 0.6) is 0 Å². The number of hydrogen-bond donors (Lipinski definition) is 1. The molecule has 0 unspecified atom stereocenters. The van der Waals surface area contributed by atoms with Crippen molar-refractivity contribution >= 4 is 5.97 Å². The first-order valence-corrected chi connectivity index (χ1v) is 4.14. The highest BCUT2D eigenvalue weighted by Gasteiger charge is 2.37. The molecule has 3 atom stereocenters. The van der Waals surface area contributed by atoms with Gasteiger partial charge < -0.3 is 9.84 Å². The van der Waals surface area contributed by atoms with Crippen molar-refractivity contribution in [2.24, 2.45) is 5.92 Å². The molecule has 0 heterocycles. The van der Waals surface area contributed by atoms with E-state index in [-0.39, 0.29) is 12.8 Å². The van der Waals surface area contributed by atoms with Gasteiger partial charge in [0.25, 0.3) is 0 Å². The van der Waals surface area contributed by atoms with E-state index in [9.17, 15) is 9.18 Å². The predicted molar refractivity (Wildman–Crippen MR) is 40.3 cm³/mol. The number of halogens is 1. The Morgan fingerprint density at radius 2 is 2.33 bits per heavy atom. The second-order valence-electron chi connectivity index (χ2n) is 3.00. The lowest BCUT2D eigenvalue weighted by Crippen LogP contribution is -2.15. The first kappa shape index (κ1) is 9.45. The van der Waals surface area contributed by atoms with Gasteiger partial charge >= 0.3 is 5.97 Å². The molecule has 0 aromatic rings. The summed E-state index contributed by atoms with van der Waals surface area (Å²) in [7, 11) is 0. The molecule has 0 aromatic carbocycles. The first-order valence-electron chi connectivity index (χ1n) is 4.14. The summed E-state index contributed by atoms with van der Waals surface area (Å²) < 4.78 is 17.4. The number of rotatable bonds is 2. The van der Waals surface area contributed by atoms with Crippen LogP contribution in [0.25, 0.3) is 0 Å². The van der Waals surface area contributed by atoms with Crippen molar-refractivity contribution < 1.29 is 19.0 Å². The average molecular weight is 176 g/mol. The number of carbonyl (C=O) groups excluding carboxylic acids is 1. The Labute approximate surface area is 70.5 Å². The van der Waals surface area contributed by atoms with Crippen molar-refractivity contribution in [3.63, 3.8) is 0 Å². The van der Waals surface area contributed by atoms with Crippen LogP contribution >= 0.6 is 0 Å². The molecule has 4 heteroatoms. The number of aliphatic hydroxyl groups excluding tert-OH is 1. The molecule has 0 radical (unpaired) electrons. The van der Waals surface area contributed by atoms with Gasteiger partial charge in [0.05, 0.1) is 18.6 Å². The van der Waals surface area contributed by atoms with E-state index in [4.69, 9.17) is 9.84 Å². The fraction of sp³-hybridized carbons (Fsp3) is 0.875. The summed E-state index contributed by atoms with van der Waals surface area (Å²) in [5.74, 6) is -0.841. The van der Waals surface area contributed by atoms with Gasteiger partial charge in [-0.25, -0.2) is 4.39 Å². The maximum absolute atomic E-state index is 12.7. The number of aliphatic hydroxyl groups is 1. The largest absolute Gasteiger partial charge is 0.466 e. The zero-order valence-corrected chi connectivity index (χ0v) is 7.00. The smallest absolute Gasteiger partial charge is 0.309 e. The molecule has 0 bridgehead atoms. The summed E-state index contributed by atoms with van der Waals surface area (Å²) in [6.45, 7) is 2.01. The third kappa shape index (κ3) is 1.94. The van der Waals surface area contributed by atoms with E-state index in [0.717, 1.165) is 0 Å². The lowest BCUT2D eigenvalue weighted by molar-refractivity contribution is -0.148. The highest BCUT2D eigenvalue weighted by molar-refractivity contribution is 5.72. The maximum atomic E-state index is 12.7. The van der Waals surface area contributed by atoms with Crippen LogP contribution in [-0.2, 0) is 9.53 Å². The molecule has 0 aromatic heterocycles. The molecule has 70 valence electrons. The van der Waals surface area contributed by atoms with Crippen molar-refractivity contribution in [2.45, 2.75) is 32.0 Å². The molecule has 1 saturated carbocycles. The van der Waals surface area contributed by atoms with Gasteiger partial charge in [-0.05, 0) is 19.8 Å². The molecule has 12 heavy (non-hydrogen) atoms. The molecule has 1 fully saturated rings. The molecular weight excluding hydrogens is 163 g/mol. The highest BCUT2D eigenvalue weighted by atomic mass is 19.1. The van der Waals surface area contributed by atoms with E-state index < -0.39 is 24.2 Å². The number of carbonyl (C=O) groups is 1. The van der Waals surface area contributed by atoms with Gasteiger partial charge in [-0.2, -0.15) is 0 Å². The van der Waals surface area contributed by atoms with Crippen molar-refractivity contribution in [1.29, 1.82) is 0 Å². The van der Waals surface area contributed by atoms with E-state index >= 15 is 0 Å². The quantitative estimate of drug-likeness (QED) is 0.628. The van der Waals surface area contributed by atoms with Crippen LogP contribution in [0.15, 0.2) is 0 Å². The fourth-order valence-corrected chi connectivity index (χ4v) is 1.42. The Hall–Kier alpha value is -0.640. The van der Waals surface area contributed by atoms with Gasteiger partial charge in [0.1, 0.15) is 6.17 Å². The molecule has 1 aliphatic carbocycles. The highest BCUT2D eigenvalue weighted by Crippen LogP contribution is 2.29. The summed E-state index contributed by atoms with van der Waals surface area (Å²) in [6, 6.07) is 0. The third-order valence-electron chi connectivity index (χ3n) is 2.07. The zero-order valence-electron chi connectivity index (χ0n) is 7.00. The molecule has 0 aliphatic heterocycles. The van der Waals surface area contributed by atoms with Crippen LogP contribution in [0.2, 0.25) is 0 Å². The fourth-order valence-electron chi connectivity index (χ4n) is 1.42. The normalized spacial score (nSPS) is 35.1. The second kappa shape index (κ2) is 3.85. The minimum absolute atomic E-state index is 0.0972. The van der Waals surface area contributed by atoms with Gasteiger partial charge in [0.15, 0.2) is 0 Å². The van der Waals surface area contributed by atoms with E-state index in [1.54, 1.807) is 6.92 Å². The van der Waals surface area contributed by atoms with E-state index in [1.807, 2.05) is 0 Å². The molecule has 1 aliphatic rings. The van der Waals surface area contributed by atoms with Crippen LogP contribution in [-0.4, -0.2) is 30.0 Å². The molecule has 0 spiro atoms. The Morgan fingerprint density at radius 3 is 2.75 bits per heavy atom. The van der Waals surface area contributed by atoms with Crippen LogP contribution in [0.4, 0.5) is 4.39 Å². The lowest BCUT2D eigenvalue weighted by Gasteiger charge is -2.06. The van der Waals surface area contributed by atoms with Crippen LogP contribution < -0.4 is 0 Å². The van der Waals surface area contributed by atoms with Crippen LogP contribution in [0.3, 0.4) is 0 Å². The summed E-state index contributed by atoms with van der Waals surface area (Å²) in [6.07, 6.45) is -1.96. The number of hydrogen-bond acceptors (Lipinski definition) is 3. The average Bonchev–Trinajstić information content (AvgIpc) is 2.33. The lowest BCUT2D eigenvalue weighted by atomic mass is 10.1. The first-order chi connectivity index (χ1) is 5.65. The van der Waals surface area contributed by atoms with Gasteiger partial charge in [0.2, 0.25) is 0 Å². The Balaban J connectivity index is 2.40. The summed E-state index contributed by atoms with van der Waals surface area (Å²) >= 11 is 0. The zero-order chi connectivity index (χ0) is 9.14. The number of ether oxygens (including phenoxy) is 1. The Bertz CT molecular complexity index is 162. The van der Waals surface area contributed by atoms with Crippen molar-refractivity contribution in [3.05, 3.63) is 0 Å². The van der Waals surface area contributed by atoms with Crippen molar-refractivity contribution in [2.75, 3.05) is 6.61 Å². The minimum atomic E-state index is -1.26. The summed E-state index contributed by atoms with van der Waals surface area (Å²) in [4.78, 5) is 11.0. The van der Waals surface area contributed by atoms with E-state index in [2.05, 4.69) is 0 Å². The van der Waals surface area contributed by atoms with Gasteiger partial charge in [0, 0.05) is 0 Å². The van der Waals surface area contributed by atoms with Gasteiger partial charge in [-0.3, -0.25) is 4.79 Å². The van der Waals surface area contributed by atoms with Crippen LogP contribution in [0.1, 0.15) is 19.8 Å². The number of alkyl halides is 1. The molecule has 1 rings (SSSR count). The van der Waals surface area contributed by atoms with E-state index in [0.29, 0.717) is 6.61 Å². The Kier molecular flexibility index (Phi) is 3.03. The Morgan fingerprint density at radius 1 is 1.67 bits per heavy atom. The monoisotopic (exact) mass is 176 g/mol. The van der Waals surface area contributed by atoms with Crippen molar-refractivity contribution in [1.82, 2.24) is 0 Å². The predicted octanol–water partition coefficient (Wildman–Crippen LogP) is 0.659. The minimum Gasteiger partial charge on any atom is -0.466 e. The molecule has 0 amide bonds. The summed E-state index contributed by atoms with van der Waals surface area (Å²) in [5.41, 5.74) is 0. The number of esters is 1. The van der Waals surface area contributed by atoms with E-state index in [1.165, 1.54) is 0 Å². The standard InChI is InChI=1S/C8H13FO3/c1-2-12-8(11)5-3-6(9)7(10)4-5/h5-7,10H,2-4H2,1H3/t5-,6+,7-/m1/s1. The molecule has 3 nitrogen and oxygen atoms in total. The second-order valence-corrected chi connectivity index (χ2v) is 3.00. The SMILES string of the molecule is CCOC(=O)[C@H]1C[C@@H](O)[C@@H](F)C1. The molecular formula is C8H13FO3. The van der Waals surface area contributed by atoms with Gasteiger partial charge in [-0.15, -0.1) is 0 Å². The van der Waals surface area contributed by atoms with Crippen molar-refractivity contribution in [3.8, 4) is 0 Å². The topological polar surface area (TPSA) is 46.5 Å². The third-order valence-corrected chi connectivity index (χ3v) is 2.07.